The van der Waals surface area contributed by atoms with Gasteiger partial charge < -0.3 is 10.5 Å². The smallest absolute Gasteiger partial charge is 0.165 e. The molecule has 0 radical (unpaired) electrons. The average molecular weight is 234 g/mol. The maximum Gasteiger partial charge on any atom is 0.165 e. The summed E-state index contributed by atoms with van der Waals surface area (Å²) in [5.41, 5.74) is 6.17. The van der Waals surface area contributed by atoms with Gasteiger partial charge in [-0.1, -0.05) is 22.0 Å². The van der Waals surface area contributed by atoms with Crippen molar-refractivity contribution in [3.8, 4) is 5.75 Å². The third-order valence-corrected chi connectivity index (χ3v) is 2.02. The fourth-order valence-electron chi connectivity index (χ4n) is 0.854. The van der Waals surface area contributed by atoms with Gasteiger partial charge in [-0.3, -0.25) is 0 Å². The van der Waals surface area contributed by atoms with Crippen molar-refractivity contribution in [3.05, 3.63) is 29.6 Å². The summed E-state index contributed by atoms with van der Waals surface area (Å²) < 4.78 is 17.8. The lowest BCUT2D eigenvalue weighted by atomic mass is 10.2. The van der Waals surface area contributed by atoms with Crippen molar-refractivity contribution in [2.45, 2.75) is 4.95 Å². The molecule has 1 aromatic rings. The van der Waals surface area contributed by atoms with Crippen molar-refractivity contribution < 1.29 is 9.13 Å². The topological polar surface area (TPSA) is 35.2 Å². The SMILES string of the molecule is COc1ccc(C(N)Br)cc1F. The van der Waals surface area contributed by atoms with Crippen LogP contribution in [-0.2, 0) is 0 Å². The van der Waals surface area contributed by atoms with E-state index < -0.39 is 5.82 Å². The van der Waals surface area contributed by atoms with Crippen LogP contribution in [0.25, 0.3) is 0 Å². The van der Waals surface area contributed by atoms with Crippen molar-refractivity contribution >= 4 is 15.9 Å². The van der Waals surface area contributed by atoms with E-state index in [0.29, 0.717) is 5.56 Å². The molecule has 4 heteroatoms. The first-order valence-electron chi connectivity index (χ1n) is 3.38. The molecular formula is C8H9BrFNO. The minimum Gasteiger partial charge on any atom is -0.494 e. The van der Waals surface area contributed by atoms with E-state index in [1.54, 1.807) is 12.1 Å². The van der Waals surface area contributed by atoms with E-state index >= 15 is 0 Å². The molecule has 0 bridgehead atoms. The van der Waals surface area contributed by atoms with Crippen molar-refractivity contribution in [2.75, 3.05) is 7.11 Å². The highest BCUT2D eigenvalue weighted by molar-refractivity contribution is 9.09. The number of nitrogens with two attached hydrogens (primary N) is 1. The largest absolute Gasteiger partial charge is 0.494 e. The maximum atomic E-state index is 13.0. The molecule has 0 saturated carbocycles. The second kappa shape index (κ2) is 3.87. The molecule has 0 aromatic heterocycles. The van der Waals surface area contributed by atoms with E-state index in [-0.39, 0.29) is 10.7 Å². The second-order valence-electron chi connectivity index (χ2n) is 2.30. The first kappa shape index (κ1) is 9.48. The van der Waals surface area contributed by atoms with Crippen LogP contribution in [0.1, 0.15) is 10.5 Å². The van der Waals surface area contributed by atoms with Gasteiger partial charge in [0, 0.05) is 0 Å². The molecule has 1 unspecified atom stereocenters. The van der Waals surface area contributed by atoms with Gasteiger partial charge in [0.2, 0.25) is 0 Å². The molecule has 0 aliphatic carbocycles. The third kappa shape index (κ3) is 1.95. The molecule has 0 spiro atoms. The van der Waals surface area contributed by atoms with Crippen LogP contribution in [0.4, 0.5) is 4.39 Å². The summed E-state index contributed by atoms with van der Waals surface area (Å²) in [6, 6.07) is 4.60. The Bertz CT molecular complexity index is 278. The van der Waals surface area contributed by atoms with Crippen molar-refractivity contribution in [1.82, 2.24) is 0 Å². The van der Waals surface area contributed by atoms with Crippen LogP contribution >= 0.6 is 15.9 Å². The van der Waals surface area contributed by atoms with Crippen LogP contribution in [0.5, 0.6) is 5.75 Å². The Morgan fingerprint density at radius 1 is 1.58 bits per heavy atom. The lowest BCUT2D eigenvalue weighted by Crippen LogP contribution is -2.02. The molecule has 0 fully saturated rings. The summed E-state index contributed by atoms with van der Waals surface area (Å²) in [6.07, 6.45) is 0. The molecule has 0 saturated heterocycles. The molecular weight excluding hydrogens is 225 g/mol. The van der Waals surface area contributed by atoms with Gasteiger partial charge in [-0.15, -0.1) is 0 Å². The lowest BCUT2D eigenvalue weighted by molar-refractivity contribution is 0.386. The number of hydrogen-bond acceptors (Lipinski definition) is 2. The number of benzene rings is 1. The van der Waals surface area contributed by atoms with E-state index in [1.165, 1.54) is 13.2 Å². The highest BCUT2D eigenvalue weighted by Gasteiger charge is 2.06. The standard InChI is InChI=1S/C8H9BrFNO/c1-12-7-3-2-5(8(9)11)4-6(7)10/h2-4,8H,11H2,1H3. The zero-order valence-corrected chi connectivity index (χ0v) is 8.14. The van der Waals surface area contributed by atoms with Gasteiger partial charge in [0.1, 0.15) is 0 Å². The van der Waals surface area contributed by atoms with Crippen LogP contribution in [0.3, 0.4) is 0 Å². The summed E-state index contributed by atoms with van der Waals surface area (Å²) in [6.45, 7) is 0. The Balaban J connectivity index is 3.02. The molecule has 0 amide bonds. The van der Waals surface area contributed by atoms with E-state index in [1.807, 2.05) is 0 Å². The number of hydrogen-bond donors (Lipinski definition) is 1. The van der Waals surface area contributed by atoms with Crippen LogP contribution in [0.2, 0.25) is 0 Å². The Morgan fingerprint density at radius 2 is 2.25 bits per heavy atom. The first-order valence-corrected chi connectivity index (χ1v) is 4.30. The normalized spacial score (nSPS) is 12.7. The van der Waals surface area contributed by atoms with Gasteiger partial charge in [0.05, 0.1) is 12.1 Å². The molecule has 1 atom stereocenters. The second-order valence-corrected chi connectivity index (χ2v) is 3.28. The number of rotatable bonds is 2. The Hall–Kier alpha value is -0.610. The minimum absolute atomic E-state index is 0.229. The highest BCUT2D eigenvalue weighted by Crippen LogP contribution is 2.23. The van der Waals surface area contributed by atoms with Crippen LogP contribution in [0.15, 0.2) is 18.2 Å². The van der Waals surface area contributed by atoms with Gasteiger partial charge in [0.15, 0.2) is 11.6 Å². The van der Waals surface area contributed by atoms with E-state index in [4.69, 9.17) is 10.5 Å². The van der Waals surface area contributed by atoms with Crippen molar-refractivity contribution in [3.63, 3.8) is 0 Å². The lowest BCUT2D eigenvalue weighted by Gasteiger charge is -2.06. The van der Waals surface area contributed by atoms with Gasteiger partial charge in [-0.2, -0.15) is 0 Å². The van der Waals surface area contributed by atoms with Gasteiger partial charge in [-0.05, 0) is 17.7 Å². The van der Waals surface area contributed by atoms with Gasteiger partial charge in [-0.25, -0.2) is 4.39 Å². The highest BCUT2D eigenvalue weighted by atomic mass is 79.9. The quantitative estimate of drug-likeness (QED) is 0.628. The summed E-state index contributed by atoms with van der Waals surface area (Å²) in [4.78, 5) is -0.335. The number of methoxy groups -OCH3 is 1. The van der Waals surface area contributed by atoms with E-state index in [0.717, 1.165) is 0 Å². The van der Waals surface area contributed by atoms with Gasteiger partial charge in [0.25, 0.3) is 0 Å². The fourth-order valence-corrected chi connectivity index (χ4v) is 1.14. The average Bonchev–Trinajstić information content (AvgIpc) is 2.04. The monoisotopic (exact) mass is 233 g/mol. The molecule has 66 valence electrons. The van der Waals surface area contributed by atoms with Crippen molar-refractivity contribution in [1.29, 1.82) is 0 Å². The van der Waals surface area contributed by atoms with Gasteiger partial charge >= 0.3 is 0 Å². The minimum atomic E-state index is -0.398. The fraction of sp³-hybridized carbons (Fsp3) is 0.250. The summed E-state index contributed by atoms with van der Waals surface area (Å²) in [5, 5.41) is 0. The first-order chi connectivity index (χ1) is 5.65. The Labute approximate surface area is 78.6 Å². The zero-order valence-electron chi connectivity index (χ0n) is 6.55. The predicted molar refractivity (Wildman–Crippen MR) is 48.8 cm³/mol. The molecule has 2 N–H and O–H groups in total. The number of ether oxygens (including phenoxy) is 1. The number of halogens is 2. The molecule has 1 rings (SSSR count). The zero-order chi connectivity index (χ0) is 9.14. The Kier molecular flexibility index (Phi) is 3.05. The molecule has 1 aromatic carbocycles. The molecule has 2 nitrogen and oxygen atoms in total. The van der Waals surface area contributed by atoms with Crippen LogP contribution in [-0.4, -0.2) is 7.11 Å². The van der Waals surface area contributed by atoms with Crippen LogP contribution < -0.4 is 10.5 Å². The van der Waals surface area contributed by atoms with E-state index in [9.17, 15) is 4.39 Å². The molecule has 0 aliphatic rings. The molecule has 0 heterocycles. The Morgan fingerprint density at radius 3 is 2.67 bits per heavy atom. The molecule has 12 heavy (non-hydrogen) atoms. The summed E-state index contributed by atoms with van der Waals surface area (Å²) >= 11 is 3.13. The summed E-state index contributed by atoms with van der Waals surface area (Å²) in [7, 11) is 1.42. The third-order valence-electron chi connectivity index (χ3n) is 1.49. The predicted octanol–water partition coefficient (Wildman–Crippen LogP) is 2.19. The van der Waals surface area contributed by atoms with E-state index in [2.05, 4.69) is 15.9 Å². The summed E-state index contributed by atoms with van der Waals surface area (Å²) in [5.74, 6) is -0.170. The molecule has 0 aliphatic heterocycles. The maximum absolute atomic E-state index is 13.0. The number of alkyl halides is 1. The van der Waals surface area contributed by atoms with Crippen molar-refractivity contribution in [2.24, 2.45) is 5.73 Å². The van der Waals surface area contributed by atoms with Crippen LogP contribution in [0, 0.1) is 5.82 Å².